The summed E-state index contributed by atoms with van der Waals surface area (Å²) < 4.78 is 7.35. The zero-order valence-corrected chi connectivity index (χ0v) is 14.6. The zero-order chi connectivity index (χ0) is 17.5. The van der Waals surface area contributed by atoms with Gasteiger partial charge in [0, 0.05) is 24.6 Å². The zero-order valence-electron chi connectivity index (χ0n) is 14.6. The summed E-state index contributed by atoms with van der Waals surface area (Å²) in [6.45, 7) is 1.99. The molecule has 8 nitrogen and oxygen atoms in total. The van der Waals surface area contributed by atoms with Crippen molar-refractivity contribution in [3.05, 3.63) is 30.4 Å². The second-order valence-corrected chi connectivity index (χ2v) is 6.91. The molecule has 3 aromatic heterocycles. The average Bonchev–Trinajstić information content (AvgIpc) is 3.23. The predicted molar refractivity (Wildman–Crippen MR) is 97.4 cm³/mol. The van der Waals surface area contributed by atoms with Crippen molar-refractivity contribution in [2.24, 2.45) is 0 Å². The van der Waals surface area contributed by atoms with E-state index in [-0.39, 0.29) is 0 Å². The summed E-state index contributed by atoms with van der Waals surface area (Å²) >= 11 is 0. The number of ether oxygens (including phenoxy) is 1. The summed E-state index contributed by atoms with van der Waals surface area (Å²) in [5, 5.41) is 11.6. The van der Waals surface area contributed by atoms with Crippen molar-refractivity contribution in [3.8, 4) is 17.1 Å². The summed E-state index contributed by atoms with van der Waals surface area (Å²) in [4.78, 5) is 13.6. The maximum Gasteiger partial charge on any atom is 0.157 e. The molecule has 0 radical (unpaired) electrons. The molecule has 1 aliphatic heterocycles. The maximum absolute atomic E-state index is 5.50. The van der Waals surface area contributed by atoms with E-state index in [1.807, 2.05) is 10.6 Å². The summed E-state index contributed by atoms with van der Waals surface area (Å²) in [6, 6.07) is 2.34. The van der Waals surface area contributed by atoms with Gasteiger partial charge in [-0.1, -0.05) is 0 Å². The number of hydrogen-bond donors (Lipinski definition) is 2. The molecular weight excluding hydrogens is 330 g/mol. The Kier molecular flexibility index (Phi) is 3.70. The van der Waals surface area contributed by atoms with Gasteiger partial charge in [-0.2, -0.15) is 5.10 Å². The predicted octanol–water partition coefficient (Wildman–Crippen LogP) is 1.85. The van der Waals surface area contributed by atoms with Crippen LogP contribution >= 0.6 is 0 Å². The molecule has 0 spiro atoms. The number of anilines is 1. The highest BCUT2D eigenvalue weighted by molar-refractivity contribution is 5.61. The standard InChI is InChI=1S/C18H21N7O/c1-26-15-6-17-21-9-14(25(17)24-18(15)11-2-3-11)13-8-20-10-16(23-13)22-12-4-5-19-7-12/h6,8-12,19H,2-5,7H2,1H3,(H,22,23). The minimum absolute atomic E-state index is 0.394. The lowest BCUT2D eigenvalue weighted by atomic mass is 10.2. The Bertz CT molecular complexity index is 944. The van der Waals surface area contributed by atoms with E-state index in [1.165, 1.54) is 0 Å². The van der Waals surface area contributed by atoms with Crippen LogP contribution in [-0.4, -0.2) is 50.8 Å². The number of nitrogens with one attached hydrogen (secondary N) is 2. The fraction of sp³-hybridized carbons (Fsp3) is 0.444. The molecule has 1 atom stereocenters. The lowest BCUT2D eigenvalue weighted by Crippen LogP contribution is -2.22. The van der Waals surface area contributed by atoms with Gasteiger partial charge in [-0.15, -0.1) is 0 Å². The topological polar surface area (TPSA) is 89.3 Å². The quantitative estimate of drug-likeness (QED) is 0.725. The van der Waals surface area contributed by atoms with Gasteiger partial charge >= 0.3 is 0 Å². The van der Waals surface area contributed by atoms with E-state index in [4.69, 9.17) is 14.8 Å². The maximum atomic E-state index is 5.50. The third-order valence-corrected chi connectivity index (χ3v) is 4.98. The first-order chi connectivity index (χ1) is 12.8. The molecule has 2 N–H and O–H groups in total. The molecule has 4 heterocycles. The molecule has 0 aromatic carbocycles. The van der Waals surface area contributed by atoms with E-state index in [9.17, 15) is 0 Å². The molecule has 3 aromatic rings. The molecule has 0 amide bonds. The van der Waals surface area contributed by atoms with Crippen molar-refractivity contribution in [3.63, 3.8) is 0 Å². The monoisotopic (exact) mass is 351 g/mol. The third-order valence-electron chi connectivity index (χ3n) is 4.98. The van der Waals surface area contributed by atoms with E-state index in [0.29, 0.717) is 12.0 Å². The Morgan fingerprint density at radius 3 is 2.92 bits per heavy atom. The largest absolute Gasteiger partial charge is 0.495 e. The molecular formula is C18H21N7O. The van der Waals surface area contributed by atoms with Crippen LogP contribution in [0.1, 0.15) is 30.9 Å². The first kappa shape index (κ1) is 15.5. The van der Waals surface area contributed by atoms with Crippen LogP contribution in [0.2, 0.25) is 0 Å². The number of imidazole rings is 1. The van der Waals surface area contributed by atoms with E-state index < -0.39 is 0 Å². The van der Waals surface area contributed by atoms with Crippen molar-refractivity contribution in [1.29, 1.82) is 0 Å². The van der Waals surface area contributed by atoms with Crippen LogP contribution in [0.4, 0.5) is 5.82 Å². The van der Waals surface area contributed by atoms with E-state index >= 15 is 0 Å². The molecule has 26 heavy (non-hydrogen) atoms. The normalized spacial score (nSPS) is 19.8. The van der Waals surface area contributed by atoms with Crippen molar-refractivity contribution >= 4 is 11.5 Å². The fourth-order valence-corrected chi connectivity index (χ4v) is 3.44. The smallest absolute Gasteiger partial charge is 0.157 e. The van der Waals surface area contributed by atoms with E-state index in [2.05, 4.69) is 20.6 Å². The number of fused-ring (bicyclic) bond motifs is 1. The second-order valence-electron chi connectivity index (χ2n) is 6.91. The van der Waals surface area contributed by atoms with Crippen LogP contribution in [0.25, 0.3) is 17.0 Å². The van der Waals surface area contributed by atoms with Gasteiger partial charge in [0.25, 0.3) is 0 Å². The summed E-state index contributed by atoms with van der Waals surface area (Å²) in [6.07, 6.45) is 8.72. The van der Waals surface area contributed by atoms with Crippen LogP contribution in [0.5, 0.6) is 5.75 Å². The SMILES string of the molecule is COc1cc2ncc(-c3cncc(NC4CCNC4)n3)n2nc1C1CC1. The van der Waals surface area contributed by atoms with Crippen LogP contribution in [0.3, 0.4) is 0 Å². The molecule has 1 unspecified atom stereocenters. The fourth-order valence-electron chi connectivity index (χ4n) is 3.44. The molecule has 1 saturated heterocycles. The Morgan fingerprint density at radius 1 is 1.23 bits per heavy atom. The molecule has 2 fully saturated rings. The van der Waals surface area contributed by atoms with Crippen molar-refractivity contribution < 1.29 is 4.74 Å². The summed E-state index contributed by atoms with van der Waals surface area (Å²) in [5.74, 6) is 2.08. The highest BCUT2D eigenvalue weighted by Crippen LogP contribution is 2.43. The number of methoxy groups -OCH3 is 1. The van der Waals surface area contributed by atoms with Crippen molar-refractivity contribution in [1.82, 2.24) is 29.9 Å². The Labute approximate surface area is 151 Å². The molecule has 134 valence electrons. The number of aromatic nitrogens is 5. The first-order valence-electron chi connectivity index (χ1n) is 9.04. The third kappa shape index (κ3) is 2.76. The van der Waals surface area contributed by atoms with Crippen LogP contribution in [-0.2, 0) is 0 Å². The van der Waals surface area contributed by atoms with Gasteiger partial charge < -0.3 is 15.4 Å². The summed E-state index contributed by atoms with van der Waals surface area (Å²) in [5.41, 5.74) is 3.35. The average molecular weight is 351 g/mol. The van der Waals surface area contributed by atoms with Gasteiger partial charge in [-0.05, 0) is 25.8 Å². The second kappa shape index (κ2) is 6.21. The molecule has 1 aliphatic carbocycles. The van der Waals surface area contributed by atoms with Crippen LogP contribution in [0, 0.1) is 0 Å². The lowest BCUT2D eigenvalue weighted by Gasteiger charge is -2.12. The minimum atomic E-state index is 0.394. The molecule has 0 bridgehead atoms. The highest BCUT2D eigenvalue weighted by Gasteiger charge is 2.29. The van der Waals surface area contributed by atoms with E-state index in [0.717, 1.165) is 66.6 Å². The highest BCUT2D eigenvalue weighted by atomic mass is 16.5. The van der Waals surface area contributed by atoms with Gasteiger partial charge in [-0.25, -0.2) is 14.5 Å². The minimum Gasteiger partial charge on any atom is -0.495 e. The number of nitrogens with zero attached hydrogens (tertiary/aromatic N) is 5. The molecule has 5 rings (SSSR count). The van der Waals surface area contributed by atoms with Gasteiger partial charge in [-0.3, -0.25) is 4.98 Å². The molecule has 1 saturated carbocycles. The van der Waals surface area contributed by atoms with Crippen LogP contribution < -0.4 is 15.4 Å². The van der Waals surface area contributed by atoms with Gasteiger partial charge in [0.1, 0.15) is 28.6 Å². The van der Waals surface area contributed by atoms with Gasteiger partial charge in [0.2, 0.25) is 0 Å². The molecule has 8 heteroatoms. The molecule has 2 aliphatic rings. The number of rotatable bonds is 5. The van der Waals surface area contributed by atoms with Crippen molar-refractivity contribution in [2.75, 3.05) is 25.5 Å². The van der Waals surface area contributed by atoms with E-state index in [1.54, 1.807) is 25.7 Å². The van der Waals surface area contributed by atoms with Crippen LogP contribution in [0.15, 0.2) is 24.7 Å². The Hall–Kier alpha value is -2.74. The summed E-state index contributed by atoms with van der Waals surface area (Å²) in [7, 11) is 1.68. The number of hydrogen-bond acceptors (Lipinski definition) is 7. The van der Waals surface area contributed by atoms with Gasteiger partial charge in [0.05, 0.1) is 25.7 Å². The lowest BCUT2D eigenvalue weighted by molar-refractivity contribution is 0.405. The Morgan fingerprint density at radius 2 is 2.15 bits per heavy atom. The Balaban J connectivity index is 1.53. The van der Waals surface area contributed by atoms with Gasteiger partial charge in [0.15, 0.2) is 5.65 Å². The first-order valence-corrected chi connectivity index (χ1v) is 9.04. The van der Waals surface area contributed by atoms with Crippen molar-refractivity contribution in [2.45, 2.75) is 31.2 Å².